The van der Waals surface area contributed by atoms with E-state index in [1.807, 2.05) is 48.5 Å². The third-order valence-electron chi connectivity index (χ3n) is 2.87. The van der Waals surface area contributed by atoms with Gasteiger partial charge in [-0.15, -0.1) is 0 Å². The zero-order chi connectivity index (χ0) is 13.5. The molecule has 3 nitrogen and oxygen atoms in total. The molecule has 2 aromatic carbocycles. The molecule has 0 unspecified atom stereocenters. The highest BCUT2D eigenvalue weighted by Gasteiger charge is 2.10. The number of para-hydroxylation sites is 1. The largest absolute Gasteiger partial charge is 0.494 e. The fourth-order valence-corrected chi connectivity index (χ4v) is 1.89. The Morgan fingerprint density at radius 2 is 1.74 bits per heavy atom. The summed E-state index contributed by atoms with van der Waals surface area (Å²) >= 11 is 0. The Bertz CT molecular complexity index is 500. The molecule has 0 saturated carbocycles. The summed E-state index contributed by atoms with van der Waals surface area (Å²) in [5.41, 5.74) is 1.61. The summed E-state index contributed by atoms with van der Waals surface area (Å²) in [7, 11) is -1.40. The second kappa shape index (κ2) is 6.97. The monoisotopic (exact) mass is 256 g/mol. The van der Waals surface area contributed by atoms with Gasteiger partial charge >= 0.3 is 7.12 Å². The maximum absolute atomic E-state index is 9.10. The molecule has 0 fully saturated rings. The van der Waals surface area contributed by atoms with Crippen molar-refractivity contribution in [2.45, 2.75) is 12.8 Å². The van der Waals surface area contributed by atoms with Crippen LogP contribution in [0.15, 0.2) is 54.6 Å². The molecule has 0 heterocycles. The maximum Gasteiger partial charge on any atom is 0.488 e. The molecule has 19 heavy (non-hydrogen) atoms. The van der Waals surface area contributed by atoms with Crippen LogP contribution in [0.3, 0.4) is 0 Å². The Morgan fingerprint density at radius 1 is 0.947 bits per heavy atom. The van der Waals surface area contributed by atoms with Crippen molar-refractivity contribution in [3.63, 3.8) is 0 Å². The van der Waals surface area contributed by atoms with Crippen molar-refractivity contribution in [3.8, 4) is 5.75 Å². The van der Waals surface area contributed by atoms with E-state index in [1.165, 1.54) is 0 Å². The summed E-state index contributed by atoms with van der Waals surface area (Å²) in [5, 5.41) is 18.2. The molecule has 0 aromatic heterocycles. The zero-order valence-electron chi connectivity index (χ0n) is 10.7. The predicted octanol–water partition coefficient (Wildman–Crippen LogP) is 1.38. The molecule has 2 rings (SSSR count). The van der Waals surface area contributed by atoms with Gasteiger partial charge in [-0.1, -0.05) is 42.5 Å². The van der Waals surface area contributed by atoms with E-state index in [2.05, 4.69) is 0 Å². The average molecular weight is 256 g/mol. The molecule has 0 saturated heterocycles. The van der Waals surface area contributed by atoms with E-state index in [1.54, 1.807) is 6.07 Å². The van der Waals surface area contributed by atoms with E-state index in [9.17, 15) is 0 Å². The van der Waals surface area contributed by atoms with Gasteiger partial charge in [0.2, 0.25) is 0 Å². The van der Waals surface area contributed by atoms with E-state index in [-0.39, 0.29) is 0 Å². The van der Waals surface area contributed by atoms with E-state index >= 15 is 0 Å². The molecule has 4 heteroatoms. The van der Waals surface area contributed by atoms with E-state index in [0.717, 1.165) is 24.2 Å². The minimum absolute atomic E-state index is 0.529. The highest BCUT2D eigenvalue weighted by Crippen LogP contribution is 2.09. The SMILES string of the molecule is OB(O)c1cccc(CCCOc2ccccc2)c1. The Balaban J connectivity index is 1.78. The lowest BCUT2D eigenvalue weighted by molar-refractivity contribution is 0.311. The first kappa shape index (κ1) is 13.7. The van der Waals surface area contributed by atoms with Crippen LogP contribution in [0.25, 0.3) is 0 Å². The van der Waals surface area contributed by atoms with Gasteiger partial charge in [0.05, 0.1) is 6.61 Å². The number of benzene rings is 2. The van der Waals surface area contributed by atoms with Gasteiger partial charge in [-0.05, 0) is 36.0 Å². The summed E-state index contributed by atoms with van der Waals surface area (Å²) in [5.74, 6) is 0.877. The summed E-state index contributed by atoms with van der Waals surface area (Å²) in [6, 6.07) is 17.0. The second-order valence-corrected chi connectivity index (χ2v) is 4.38. The van der Waals surface area contributed by atoms with Crippen LogP contribution in [-0.2, 0) is 6.42 Å². The number of hydrogen-bond donors (Lipinski definition) is 2. The maximum atomic E-state index is 9.10. The topological polar surface area (TPSA) is 49.7 Å². The number of hydrogen-bond acceptors (Lipinski definition) is 3. The van der Waals surface area contributed by atoms with Crippen LogP contribution in [0, 0.1) is 0 Å². The van der Waals surface area contributed by atoms with Crippen molar-refractivity contribution < 1.29 is 14.8 Å². The Labute approximate surface area is 113 Å². The van der Waals surface area contributed by atoms with Gasteiger partial charge in [0.15, 0.2) is 0 Å². The van der Waals surface area contributed by atoms with Crippen molar-refractivity contribution in [3.05, 3.63) is 60.2 Å². The normalized spacial score (nSPS) is 10.2. The summed E-state index contributed by atoms with van der Waals surface area (Å²) in [6.45, 7) is 0.649. The van der Waals surface area contributed by atoms with Crippen LogP contribution < -0.4 is 10.2 Å². The number of rotatable bonds is 6. The summed E-state index contributed by atoms with van der Waals surface area (Å²) < 4.78 is 5.61. The average Bonchev–Trinajstić information content (AvgIpc) is 2.45. The van der Waals surface area contributed by atoms with Crippen LogP contribution in [-0.4, -0.2) is 23.8 Å². The fourth-order valence-electron chi connectivity index (χ4n) is 1.89. The first-order chi connectivity index (χ1) is 9.25. The van der Waals surface area contributed by atoms with Gasteiger partial charge in [0.1, 0.15) is 5.75 Å². The van der Waals surface area contributed by atoms with Crippen molar-refractivity contribution in [1.82, 2.24) is 0 Å². The van der Waals surface area contributed by atoms with Crippen molar-refractivity contribution >= 4 is 12.6 Å². The Kier molecular flexibility index (Phi) is 5.01. The zero-order valence-corrected chi connectivity index (χ0v) is 10.7. The van der Waals surface area contributed by atoms with Gasteiger partial charge in [0, 0.05) is 0 Å². The lowest BCUT2D eigenvalue weighted by Gasteiger charge is -2.07. The third-order valence-corrected chi connectivity index (χ3v) is 2.87. The molecule has 2 aromatic rings. The molecular weight excluding hydrogens is 239 g/mol. The first-order valence-electron chi connectivity index (χ1n) is 6.38. The second-order valence-electron chi connectivity index (χ2n) is 4.38. The van der Waals surface area contributed by atoms with Crippen LogP contribution >= 0.6 is 0 Å². The molecule has 0 radical (unpaired) electrons. The lowest BCUT2D eigenvalue weighted by Crippen LogP contribution is -2.29. The molecule has 0 bridgehead atoms. The minimum atomic E-state index is -1.40. The molecule has 0 spiro atoms. The molecule has 0 aliphatic rings. The van der Waals surface area contributed by atoms with E-state index in [0.29, 0.717) is 12.1 Å². The molecule has 0 aliphatic carbocycles. The molecule has 98 valence electrons. The lowest BCUT2D eigenvalue weighted by atomic mass is 9.79. The van der Waals surface area contributed by atoms with Gasteiger partial charge < -0.3 is 14.8 Å². The van der Waals surface area contributed by atoms with Gasteiger partial charge in [-0.3, -0.25) is 0 Å². The molecular formula is C15H17BO3. The molecule has 0 amide bonds. The fraction of sp³-hybridized carbons (Fsp3) is 0.200. The van der Waals surface area contributed by atoms with E-state index in [4.69, 9.17) is 14.8 Å². The van der Waals surface area contributed by atoms with Crippen LogP contribution in [0.2, 0.25) is 0 Å². The molecule has 0 aliphatic heterocycles. The van der Waals surface area contributed by atoms with Gasteiger partial charge in [-0.25, -0.2) is 0 Å². The van der Waals surface area contributed by atoms with Gasteiger partial charge in [-0.2, -0.15) is 0 Å². The third kappa shape index (κ3) is 4.43. The minimum Gasteiger partial charge on any atom is -0.494 e. The smallest absolute Gasteiger partial charge is 0.488 e. The van der Waals surface area contributed by atoms with Crippen LogP contribution in [0.4, 0.5) is 0 Å². The Hall–Kier alpha value is -1.78. The van der Waals surface area contributed by atoms with E-state index < -0.39 is 7.12 Å². The van der Waals surface area contributed by atoms with Gasteiger partial charge in [0.25, 0.3) is 0 Å². The van der Waals surface area contributed by atoms with Crippen molar-refractivity contribution in [1.29, 1.82) is 0 Å². The summed E-state index contributed by atoms with van der Waals surface area (Å²) in [4.78, 5) is 0. The van der Waals surface area contributed by atoms with Crippen LogP contribution in [0.1, 0.15) is 12.0 Å². The first-order valence-corrected chi connectivity index (χ1v) is 6.38. The summed E-state index contributed by atoms with van der Waals surface area (Å²) in [6.07, 6.45) is 1.74. The number of aryl methyl sites for hydroxylation is 1. The highest BCUT2D eigenvalue weighted by atomic mass is 16.5. The highest BCUT2D eigenvalue weighted by molar-refractivity contribution is 6.58. The predicted molar refractivity (Wildman–Crippen MR) is 76.5 cm³/mol. The van der Waals surface area contributed by atoms with Crippen molar-refractivity contribution in [2.24, 2.45) is 0 Å². The number of ether oxygens (including phenoxy) is 1. The van der Waals surface area contributed by atoms with Crippen molar-refractivity contribution in [2.75, 3.05) is 6.61 Å². The standard InChI is InChI=1S/C15H17BO3/c17-16(18)14-8-4-6-13(12-14)7-5-11-19-15-9-2-1-3-10-15/h1-4,6,8-10,12,17-18H,5,7,11H2. The molecule has 2 N–H and O–H groups in total. The Morgan fingerprint density at radius 3 is 2.47 bits per heavy atom. The quantitative estimate of drug-likeness (QED) is 0.606. The molecule has 0 atom stereocenters. The van der Waals surface area contributed by atoms with Crippen LogP contribution in [0.5, 0.6) is 5.75 Å².